The molecule has 0 saturated carbocycles. The Labute approximate surface area is 233 Å². The highest BCUT2D eigenvalue weighted by atomic mass is 16.7. The number of nitrogens with zero attached hydrogens (tertiary/aromatic N) is 2. The fourth-order valence-corrected chi connectivity index (χ4v) is 5.91. The third kappa shape index (κ3) is 5.21. The number of hydrogen-bond donors (Lipinski definition) is 2. The van der Waals surface area contributed by atoms with Crippen LogP contribution in [0.5, 0.6) is 0 Å². The fraction of sp³-hybridized carbons (Fsp3) is 0.375. The first-order valence-electron chi connectivity index (χ1n) is 13.9. The highest BCUT2D eigenvalue weighted by Gasteiger charge is 2.40. The number of ether oxygens (including phenoxy) is 2. The van der Waals surface area contributed by atoms with Crippen molar-refractivity contribution in [3.05, 3.63) is 106 Å². The van der Waals surface area contributed by atoms with Gasteiger partial charge in [0.05, 0.1) is 42.6 Å². The maximum absolute atomic E-state index is 12.8. The molecule has 0 aliphatic carbocycles. The van der Waals surface area contributed by atoms with Crippen molar-refractivity contribution in [3.8, 4) is 0 Å². The van der Waals surface area contributed by atoms with Gasteiger partial charge in [-0.15, -0.1) is 0 Å². The van der Waals surface area contributed by atoms with Gasteiger partial charge in [0.15, 0.2) is 6.29 Å². The Kier molecular flexibility index (Phi) is 7.53. The molecule has 3 aliphatic heterocycles. The zero-order valence-electron chi connectivity index (χ0n) is 22.5. The number of aliphatic hydroxyl groups is 2. The van der Waals surface area contributed by atoms with Crippen molar-refractivity contribution in [3.63, 3.8) is 0 Å². The maximum atomic E-state index is 12.8. The number of carbonyl (C=O) groups excluding carboxylic acids is 2. The Morgan fingerprint density at radius 2 is 1.48 bits per heavy atom. The molecule has 8 nitrogen and oxygen atoms in total. The standard InChI is InChI=1S/C32H34N2O6/c1-20-28(18-33-15-14-25(36)17-33)39-32(40-29(20)23-10-8-22(19-35)9-11-23)24-12-6-21(7-13-24)16-34-30(37)26-4-2-3-5-27(26)31(34)38/h2-13,20,25,28-29,32,35-36H,14-19H2,1H3/t20-,25+,28+,29+,32+/m1/s1. The molecule has 2 saturated heterocycles. The largest absolute Gasteiger partial charge is 0.392 e. The van der Waals surface area contributed by atoms with Gasteiger partial charge in [-0.25, -0.2) is 0 Å². The number of β-amino-alcohol motifs (C(OH)–C–C–N with tert-alkyl or cyclic N) is 1. The highest BCUT2D eigenvalue weighted by Crippen LogP contribution is 2.42. The second-order valence-electron chi connectivity index (χ2n) is 11.0. The molecule has 8 heteroatoms. The van der Waals surface area contributed by atoms with Crippen molar-refractivity contribution in [2.45, 2.75) is 51.1 Å². The number of imide groups is 1. The molecule has 3 aromatic rings. The minimum Gasteiger partial charge on any atom is -0.392 e. The van der Waals surface area contributed by atoms with E-state index in [-0.39, 0.29) is 49.2 Å². The molecular weight excluding hydrogens is 508 g/mol. The lowest BCUT2D eigenvalue weighted by Crippen LogP contribution is -2.44. The Hall–Kier alpha value is -3.40. The molecule has 6 rings (SSSR count). The van der Waals surface area contributed by atoms with Crippen LogP contribution in [0.3, 0.4) is 0 Å². The van der Waals surface area contributed by atoms with E-state index in [2.05, 4.69) is 11.8 Å². The molecule has 3 heterocycles. The molecule has 2 amide bonds. The van der Waals surface area contributed by atoms with E-state index in [1.54, 1.807) is 24.3 Å². The molecule has 5 atom stereocenters. The summed E-state index contributed by atoms with van der Waals surface area (Å²) in [6.07, 6.45) is -0.486. The van der Waals surface area contributed by atoms with Gasteiger partial charge in [-0.05, 0) is 35.2 Å². The van der Waals surface area contributed by atoms with Gasteiger partial charge in [-0.1, -0.05) is 67.6 Å². The summed E-state index contributed by atoms with van der Waals surface area (Å²) in [6.45, 7) is 4.47. The summed E-state index contributed by atoms with van der Waals surface area (Å²) in [5.41, 5.74) is 4.43. The summed E-state index contributed by atoms with van der Waals surface area (Å²) < 4.78 is 13.1. The van der Waals surface area contributed by atoms with Crippen molar-refractivity contribution < 1.29 is 29.3 Å². The van der Waals surface area contributed by atoms with Crippen LogP contribution < -0.4 is 0 Å². The van der Waals surface area contributed by atoms with Crippen LogP contribution in [0.4, 0.5) is 0 Å². The first kappa shape index (κ1) is 26.8. The van der Waals surface area contributed by atoms with Gasteiger partial charge < -0.3 is 19.7 Å². The quantitative estimate of drug-likeness (QED) is 0.438. The number of fused-ring (bicyclic) bond motifs is 1. The Morgan fingerprint density at radius 3 is 2.08 bits per heavy atom. The molecule has 208 valence electrons. The number of carbonyl (C=O) groups is 2. The molecular formula is C32H34N2O6. The molecule has 3 aromatic carbocycles. The van der Waals surface area contributed by atoms with E-state index in [0.717, 1.165) is 35.2 Å². The maximum Gasteiger partial charge on any atom is 0.261 e. The van der Waals surface area contributed by atoms with E-state index in [9.17, 15) is 19.8 Å². The highest BCUT2D eigenvalue weighted by molar-refractivity contribution is 6.21. The number of benzene rings is 3. The van der Waals surface area contributed by atoms with Crippen LogP contribution in [0.15, 0.2) is 72.8 Å². The van der Waals surface area contributed by atoms with Gasteiger partial charge in [0.25, 0.3) is 11.8 Å². The van der Waals surface area contributed by atoms with E-state index in [4.69, 9.17) is 9.47 Å². The molecule has 0 radical (unpaired) electrons. The molecule has 0 bridgehead atoms. The topological polar surface area (TPSA) is 99.5 Å². The van der Waals surface area contributed by atoms with E-state index < -0.39 is 6.29 Å². The molecule has 0 aromatic heterocycles. The van der Waals surface area contributed by atoms with E-state index in [1.165, 1.54) is 4.90 Å². The lowest BCUT2D eigenvalue weighted by atomic mass is 9.90. The number of aliphatic hydroxyl groups excluding tert-OH is 2. The van der Waals surface area contributed by atoms with E-state index >= 15 is 0 Å². The molecule has 2 fully saturated rings. The van der Waals surface area contributed by atoms with Crippen molar-refractivity contribution in [1.82, 2.24) is 9.80 Å². The summed E-state index contributed by atoms with van der Waals surface area (Å²) in [5.74, 6) is -0.493. The van der Waals surface area contributed by atoms with Crippen LogP contribution in [-0.4, -0.2) is 63.7 Å². The summed E-state index contributed by atoms with van der Waals surface area (Å²) in [7, 11) is 0. The van der Waals surface area contributed by atoms with Crippen LogP contribution in [0.2, 0.25) is 0 Å². The third-order valence-electron chi connectivity index (χ3n) is 8.28. The molecule has 2 N–H and O–H groups in total. The Morgan fingerprint density at radius 1 is 0.850 bits per heavy atom. The fourth-order valence-electron chi connectivity index (χ4n) is 5.91. The van der Waals surface area contributed by atoms with Gasteiger partial charge in [-0.3, -0.25) is 19.4 Å². The molecule has 3 aliphatic rings. The summed E-state index contributed by atoms with van der Waals surface area (Å²) in [4.78, 5) is 29.1. The average molecular weight is 543 g/mol. The summed E-state index contributed by atoms with van der Waals surface area (Å²) in [5, 5.41) is 19.5. The predicted molar refractivity (Wildman–Crippen MR) is 147 cm³/mol. The number of hydrogen-bond acceptors (Lipinski definition) is 7. The van der Waals surface area contributed by atoms with Crippen LogP contribution in [0.25, 0.3) is 0 Å². The second kappa shape index (κ2) is 11.2. The smallest absolute Gasteiger partial charge is 0.261 e. The minimum absolute atomic E-state index is 0.0138. The van der Waals surface area contributed by atoms with Gasteiger partial charge in [0.2, 0.25) is 0 Å². The predicted octanol–water partition coefficient (Wildman–Crippen LogP) is 3.83. The monoisotopic (exact) mass is 542 g/mol. The third-order valence-corrected chi connectivity index (χ3v) is 8.28. The summed E-state index contributed by atoms with van der Waals surface area (Å²) >= 11 is 0. The van der Waals surface area contributed by atoms with Crippen LogP contribution in [0, 0.1) is 5.92 Å². The van der Waals surface area contributed by atoms with Gasteiger partial charge in [0, 0.05) is 31.1 Å². The Balaban J connectivity index is 1.21. The normalized spacial score (nSPS) is 26.9. The number of rotatable bonds is 7. The zero-order valence-corrected chi connectivity index (χ0v) is 22.5. The lowest BCUT2D eigenvalue weighted by molar-refractivity contribution is -0.276. The van der Waals surface area contributed by atoms with E-state index in [0.29, 0.717) is 24.2 Å². The SMILES string of the molecule is C[C@@H]1[C@H](CN2CC[C@H](O)C2)O[C@H](c2ccc(CN3C(=O)c4ccccc4C3=O)cc2)O[C@@H]1c1ccc(CO)cc1. The van der Waals surface area contributed by atoms with E-state index in [1.807, 2.05) is 48.5 Å². The van der Waals surface area contributed by atoms with Gasteiger partial charge in [-0.2, -0.15) is 0 Å². The molecule has 0 unspecified atom stereocenters. The Bertz CT molecular complexity index is 1340. The second-order valence-corrected chi connectivity index (χ2v) is 11.0. The van der Waals surface area contributed by atoms with Crippen LogP contribution >= 0.6 is 0 Å². The molecule has 0 spiro atoms. The first-order valence-corrected chi connectivity index (χ1v) is 13.9. The average Bonchev–Trinajstić information content (AvgIpc) is 3.50. The zero-order chi connectivity index (χ0) is 27.8. The van der Waals surface area contributed by atoms with Crippen molar-refractivity contribution in [2.75, 3.05) is 19.6 Å². The van der Waals surface area contributed by atoms with Crippen LogP contribution in [0.1, 0.15) is 68.7 Å². The lowest BCUT2D eigenvalue weighted by Gasteiger charge is -2.42. The van der Waals surface area contributed by atoms with Crippen molar-refractivity contribution >= 4 is 11.8 Å². The van der Waals surface area contributed by atoms with Gasteiger partial charge >= 0.3 is 0 Å². The minimum atomic E-state index is -0.607. The van der Waals surface area contributed by atoms with Crippen molar-refractivity contribution in [1.29, 1.82) is 0 Å². The molecule has 40 heavy (non-hydrogen) atoms. The van der Waals surface area contributed by atoms with Gasteiger partial charge in [0.1, 0.15) is 0 Å². The first-order chi connectivity index (χ1) is 19.4. The van der Waals surface area contributed by atoms with Crippen molar-refractivity contribution in [2.24, 2.45) is 5.92 Å². The van der Waals surface area contributed by atoms with Crippen LogP contribution in [-0.2, 0) is 22.6 Å². The number of likely N-dealkylation sites (tertiary alicyclic amines) is 1. The number of amides is 2. The summed E-state index contributed by atoms with van der Waals surface area (Å²) in [6, 6.07) is 22.4.